The highest BCUT2D eigenvalue weighted by molar-refractivity contribution is 9.10. The Morgan fingerprint density at radius 2 is 2.17 bits per heavy atom. The molecule has 1 unspecified atom stereocenters. The molecule has 0 saturated carbocycles. The number of rotatable bonds is 5. The number of hydrogen-bond acceptors (Lipinski definition) is 2. The number of amides is 1. The fourth-order valence-corrected chi connectivity index (χ4v) is 2.08. The average molecular weight is 335 g/mol. The van der Waals surface area contributed by atoms with Crippen molar-refractivity contribution in [3.8, 4) is 0 Å². The quantitative estimate of drug-likeness (QED) is 0.868. The summed E-state index contributed by atoms with van der Waals surface area (Å²) in [6.07, 6.45) is 0.743. The lowest BCUT2D eigenvalue weighted by Crippen LogP contribution is -2.38. The molecule has 100 valence electrons. The lowest BCUT2D eigenvalue weighted by Gasteiger charge is -2.18. The Labute approximate surface area is 121 Å². The van der Waals surface area contributed by atoms with Crippen molar-refractivity contribution in [3.63, 3.8) is 0 Å². The Balaban J connectivity index is 2.71. The van der Waals surface area contributed by atoms with E-state index >= 15 is 0 Å². The van der Waals surface area contributed by atoms with E-state index in [-0.39, 0.29) is 18.6 Å². The van der Waals surface area contributed by atoms with Crippen molar-refractivity contribution < 1.29 is 9.90 Å². The second-order valence-electron chi connectivity index (χ2n) is 4.61. The lowest BCUT2D eigenvalue weighted by molar-refractivity contribution is 0.0908. The highest BCUT2D eigenvalue weighted by atomic mass is 79.9. The van der Waals surface area contributed by atoms with Crippen LogP contribution in [0, 0.1) is 5.92 Å². The highest BCUT2D eigenvalue weighted by Crippen LogP contribution is 2.23. The van der Waals surface area contributed by atoms with E-state index in [1.54, 1.807) is 18.2 Å². The van der Waals surface area contributed by atoms with Gasteiger partial charge in [-0.15, -0.1) is 0 Å². The van der Waals surface area contributed by atoms with Gasteiger partial charge in [0.15, 0.2) is 0 Å². The molecule has 0 saturated heterocycles. The summed E-state index contributed by atoms with van der Waals surface area (Å²) in [5.74, 6) is 0.194. The predicted octanol–water partition coefficient (Wildman–Crippen LogP) is 3.24. The topological polar surface area (TPSA) is 49.3 Å². The third kappa shape index (κ3) is 4.59. The van der Waals surface area contributed by atoms with Crippen LogP contribution in [-0.2, 0) is 0 Å². The summed E-state index contributed by atoms with van der Waals surface area (Å²) in [6, 6.07) is 4.80. The minimum Gasteiger partial charge on any atom is -0.394 e. The molecule has 1 rings (SSSR count). The summed E-state index contributed by atoms with van der Waals surface area (Å²) in [5, 5.41) is 12.5. The molecule has 1 aromatic rings. The number of aliphatic hydroxyl groups excluding tert-OH is 1. The second kappa shape index (κ2) is 7.12. The third-order valence-corrected chi connectivity index (χ3v) is 3.73. The molecule has 0 spiro atoms. The SMILES string of the molecule is CC(C)CC(CO)NC(=O)c1ccc(Br)c(Cl)c1. The summed E-state index contributed by atoms with van der Waals surface area (Å²) in [5.41, 5.74) is 0.491. The van der Waals surface area contributed by atoms with Gasteiger partial charge in [-0.25, -0.2) is 0 Å². The Kier molecular flexibility index (Phi) is 6.12. The molecule has 5 heteroatoms. The van der Waals surface area contributed by atoms with Crippen LogP contribution in [0.15, 0.2) is 22.7 Å². The first-order valence-electron chi connectivity index (χ1n) is 5.80. The molecule has 1 atom stereocenters. The first-order chi connectivity index (χ1) is 8.43. The molecule has 0 aliphatic carbocycles. The van der Waals surface area contributed by atoms with E-state index in [0.717, 1.165) is 10.9 Å². The van der Waals surface area contributed by atoms with Gasteiger partial charge in [0.05, 0.1) is 17.7 Å². The number of aliphatic hydroxyl groups is 1. The second-order valence-corrected chi connectivity index (χ2v) is 5.87. The molecule has 0 aliphatic heterocycles. The molecule has 18 heavy (non-hydrogen) atoms. The molecule has 0 fully saturated rings. The summed E-state index contributed by atoms with van der Waals surface area (Å²) in [7, 11) is 0. The van der Waals surface area contributed by atoms with Gasteiger partial charge in [0.1, 0.15) is 0 Å². The van der Waals surface area contributed by atoms with E-state index in [1.807, 2.05) is 13.8 Å². The fourth-order valence-electron chi connectivity index (χ4n) is 1.65. The molecule has 3 nitrogen and oxygen atoms in total. The van der Waals surface area contributed by atoms with Gasteiger partial charge in [-0.3, -0.25) is 4.79 Å². The van der Waals surface area contributed by atoms with Gasteiger partial charge >= 0.3 is 0 Å². The van der Waals surface area contributed by atoms with Crippen molar-refractivity contribution in [2.75, 3.05) is 6.61 Å². The monoisotopic (exact) mass is 333 g/mol. The normalized spacial score (nSPS) is 12.6. The largest absolute Gasteiger partial charge is 0.394 e. The predicted molar refractivity (Wildman–Crippen MR) is 76.9 cm³/mol. The molecular weight excluding hydrogens is 318 g/mol. The zero-order valence-electron chi connectivity index (χ0n) is 10.4. The van der Waals surface area contributed by atoms with Crippen molar-refractivity contribution in [2.45, 2.75) is 26.3 Å². The summed E-state index contributed by atoms with van der Waals surface area (Å²) >= 11 is 9.21. The van der Waals surface area contributed by atoms with E-state index in [9.17, 15) is 9.90 Å². The number of carbonyl (C=O) groups excluding carboxylic acids is 1. The van der Waals surface area contributed by atoms with Gasteiger partial charge in [0.25, 0.3) is 5.91 Å². The lowest BCUT2D eigenvalue weighted by atomic mass is 10.0. The van der Waals surface area contributed by atoms with Crippen molar-refractivity contribution >= 4 is 33.4 Å². The summed E-state index contributed by atoms with van der Waals surface area (Å²) in [6.45, 7) is 4.03. The zero-order chi connectivity index (χ0) is 13.7. The van der Waals surface area contributed by atoms with Crippen LogP contribution >= 0.6 is 27.5 Å². The van der Waals surface area contributed by atoms with E-state index < -0.39 is 0 Å². The van der Waals surface area contributed by atoms with Crippen molar-refractivity contribution in [3.05, 3.63) is 33.3 Å². The minimum absolute atomic E-state index is 0.0613. The molecule has 0 heterocycles. The van der Waals surface area contributed by atoms with Crippen LogP contribution < -0.4 is 5.32 Å². The number of benzene rings is 1. The Morgan fingerprint density at radius 3 is 2.67 bits per heavy atom. The van der Waals surface area contributed by atoms with Crippen molar-refractivity contribution in [2.24, 2.45) is 5.92 Å². The molecule has 2 N–H and O–H groups in total. The Bertz CT molecular complexity index is 423. The number of carbonyl (C=O) groups is 1. The molecule has 1 amide bonds. The molecular formula is C13H17BrClNO2. The van der Waals surface area contributed by atoms with Crippen molar-refractivity contribution in [1.29, 1.82) is 0 Å². The van der Waals surface area contributed by atoms with Crippen LogP contribution in [0.2, 0.25) is 5.02 Å². The van der Waals surface area contributed by atoms with Crippen LogP contribution in [-0.4, -0.2) is 23.7 Å². The Hall–Kier alpha value is -0.580. The highest BCUT2D eigenvalue weighted by Gasteiger charge is 2.15. The van der Waals surface area contributed by atoms with Gasteiger partial charge in [-0.2, -0.15) is 0 Å². The standard InChI is InChI=1S/C13H17BrClNO2/c1-8(2)5-10(7-17)16-13(18)9-3-4-11(14)12(15)6-9/h3-4,6,8,10,17H,5,7H2,1-2H3,(H,16,18). The number of nitrogens with one attached hydrogen (secondary N) is 1. The van der Waals surface area contributed by atoms with Gasteiger partial charge in [0, 0.05) is 10.0 Å². The maximum Gasteiger partial charge on any atom is 0.251 e. The minimum atomic E-state index is -0.222. The van der Waals surface area contributed by atoms with E-state index in [0.29, 0.717) is 16.5 Å². The first-order valence-corrected chi connectivity index (χ1v) is 6.98. The van der Waals surface area contributed by atoms with E-state index in [4.69, 9.17) is 11.6 Å². The zero-order valence-corrected chi connectivity index (χ0v) is 12.8. The van der Waals surface area contributed by atoms with Crippen LogP contribution in [0.1, 0.15) is 30.6 Å². The summed E-state index contributed by atoms with van der Waals surface area (Å²) in [4.78, 5) is 12.0. The molecule has 0 aliphatic rings. The number of halogens is 2. The van der Waals surface area contributed by atoms with E-state index in [2.05, 4.69) is 21.2 Å². The first kappa shape index (κ1) is 15.5. The van der Waals surface area contributed by atoms with Gasteiger partial charge in [-0.1, -0.05) is 25.4 Å². The van der Waals surface area contributed by atoms with Crippen molar-refractivity contribution in [1.82, 2.24) is 5.32 Å². The van der Waals surface area contributed by atoms with Gasteiger partial charge < -0.3 is 10.4 Å². The maximum absolute atomic E-state index is 12.0. The smallest absolute Gasteiger partial charge is 0.251 e. The van der Waals surface area contributed by atoms with Crippen LogP contribution in [0.5, 0.6) is 0 Å². The summed E-state index contributed by atoms with van der Waals surface area (Å²) < 4.78 is 0.751. The fraction of sp³-hybridized carbons (Fsp3) is 0.462. The Morgan fingerprint density at radius 1 is 1.50 bits per heavy atom. The number of hydrogen-bond donors (Lipinski definition) is 2. The maximum atomic E-state index is 12.0. The third-order valence-electron chi connectivity index (χ3n) is 2.49. The molecule has 1 aromatic carbocycles. The van der Waals surface area contributed by atoms with Crippen LogP contribution in [0.3, 0.4) is 0 Å². The average Bonchev–Trinajstić information content (AvgIpc) is 2.31. The van der Waals surface area contributed by atoms with Crippen LogP contribution in [0.4, 0.5) is 0 Å². The van der Waals surface area contributed by atoms with E-state index in [1.165, 1.54) is 0 Å². The van der Waals surface area contributed by atoms with Gasteiger partial charge in [-0.05, 0) is 46.5 Å². The molecule has 0 bridgehead atoms. The molecule has 0 radical (unpaired) electrons. The molecule has 0 aromatic heterocycles. The van der Waals surface area contributed by atoms with Gasteiger partial charge in [0.2, 0.25) is 0 Å². The van der Waals surface area contributed by atoms with Crippen LogP contribution in [0.25, 0.3) is 0 Å².